The van der Waals surface area contributed by atoms with Crippen LogP contribution < -0.4 is 4.74 Å². The average Bonchev–Trinajstić information content (AvgIpc) is 2.35. The highest BCUT2D eigenvalue weighted by Crippen LogP contribution is 2.32. The summed E-state index contributed by atoms with van der Waals surface area (Å²) in [5.41, 5.74) is 2.09. The first-order chi connectivity index (χ1) is 9.02. The minimum atomic E-state index is -0.393. The van der Waals surface area contributed by atoms with Gasteiger partial charge in [0.1, 0.15) is 24.0 Å². The number of esters is 2. The first kappa shape index (κ1) is 13.4. The van der Waals surface area contributed by atoms with Gasteiger partial charge in [-0.15, -0.1) is 0 Å². The third-order valence-electron chi connectivity index (χ3n) is 3.03. The first-order valence-corrected chi connectivity index (χ1v) is 6.06. The third kappa shape index (κ3) is 2.70. The van der Waals surface area contributed by atoms with Gasteiger partial charge in [-0.3, -0.25) is 4.79 Å². The van der Waals surface area contributed by atoms with Crippen molar-refractivity contribution in [3.05, 3.63) is 28.8 Å². The molecule has 0 spiro atoms. The van der Waals surface area contributed by atoms with Crippen molar-refractivity contribution in [3.8, 4) is 5.75 Å². The summed E-state index contributed by atoms with van der Waals surface area (Å²) >= 11 is 0. The van der Waals surface area contributed by atoms with Crippen molar-refractivity contribution in [2.24, 2.45) is 0 Å². The third-order valence-corrected chi connectivity index (χ3v) is 3.03. The predicted octanol–water partition coefficient (Wildman–Crippen LogP) is 1.86. The molecule has 0 saturated heterocycles. The minimum absolute atomic E-state index is 0.154. The molecule has 0 unspecified atom stereocenters. The smallest absolute Gasteiger partial charge is 0.342 e. The molecular weight excluding hydrogens is 248 g/mol. The summed E-state index contributed by atoms with van der Waals surface area (Å²) in [6.45, 7) is 3.34. The number of rotatable bonds is 3. The largest absolute Gasteiger partial charge is 0.496 e. The molecule has 0 aliphatic carbocycles. The second-order valence-electron chi connectivity index (χ2n) is 4.48. The molecule has 1 aliphatic rings. The van der Waals surface area contributed by atoms with E-state index in [1.54, 1.807) is 6.07 Å². The highest BCUT2D eigenvalue weighted by molar-refractivity contribution is 5.95. The zero-order valence-electron chi connectivity index (χ0n) is 11.2. The Morgan fingerprint density at radius 2 is 2.21 bits per heavy atom. The molecule has 1 heterocycles. The standard InChI is InChI=1S/C14H16O5/c1-8-6-11-10(7-18-9(2)15)4-5-12(17-3)13(11)14(16)19-8/h4-5,8H,6-7H2,1-3H3/t8-/m1/s1. The molecule has 5 nitrogen and oxygen atoms in total. The molecule has 1 aromatic rings. The second-order valence-corrected chi connectivity index (χ2v) is 4.48. The van der Waals surface area contributed by atoms with E-state index in [0.717, 1.165) is 11.1 Å². The normalized spacial score (nSPS) is 17.4. The Kier molecular flexibility index (Phi) is 3.74. The Morgan fingerprint density at radius 1 is 1.47 bits per heavy atom. The van der Waals surface area contributed by atoms with Gasteiger partial charge in [0, 0.05) is 13.3 Å². The van der Waals surface area contributed by atoms with Crippen LogP contribution in [-0.4, -0.2) is 25.2 Å². The van der Waals surface area contributed by atoms with Crippen molar-refractivity contribution < 1.29 is 23.8 Å². The van der Waals surface area contributed by atoms with Gasteiger partial charge in [-0.2, -0.15) is 0 Å². The average molecular weight is 264 g/mol. The molecule has 0 fully saturated rings. The number of hydrogen-bond acceptors (Lipinski definition) is 5. The van der Waals surface area contributed by atoms with E-state index >= 15 is 0 Å². The zero-order chi connectivity index (χ0) is 14.0. The van der Waals surface area contributed by atoms with E-state index in [0.29, 0.717) is 17.7 Å². The van der Waals surface area contributed by atoms with E-state index in [-0.39, 0.29) is 18.7 Å². The number of carbonyl (C=O) groups is 2. The van der Waals surface area contributed by atoms with Crippen molar-refractivity contribution in [2.75, 3.05) is 7.11 Å². The van der Waals surface area contributed by atoms with Crippen molar-refractivity contribution in [2.45, 2.75) is 33.0 Å². The van der Waals surface area contributed by atoms with Crippen molar-refractivity contribution >= 4 is 11.9 Å². The van der Waals surface area contributed by atoms with E-state index in [9.17, 15) is 9.59 Å². The van der Waals surface area contributed by atoms with Crippen LogP contribution in [0, 0.1) is 0 Å². The molecular formula is C14H16O5. The monoisotopic (exact) mass is 264 g/mol. The summed E-state index contributed by atoms with van der Waals surface area (Å²) in [6, 6.07) is 3.50. The van der Waals surface area contributed by atoms with Crippen LogP contribution >= 0.6 is 0 Å². The predicted molar refractivity (Wildman–Crippen MR) is 67.0 cm³/mol. The maximum atomic E-state index is 12.0. The van der Waals surface area contributed by atoms with E-state index in [1.807, 2.05) is 13.0 Å². The van der Waals surface area contributed by atoms with Crippen molar-refractivity contribution in [1.82, 2.24) is 0 Å². The van der Waals surface area contributed by atoms with E-state index in [1.165, 1.54) is 14.0 Å². The molecule has 0 saturated carbocycles. The van der Waals surface area contributed by atoms with Crippen molar-refractivity contribution in [1.29, 1.82) is 0 Å². The van der Waals surface area contributed by atoms with Gasteiger partial charge in [0.25, 0.3) is 0 Å². The summed E-state index contributed by atoms with van der Waals surface area (Å²) in [7, 11) is 1.51. The molecule has 19 heavy (non-hydrogen) atoms. The van der Waals surface area contributed by atoms with E-state index < -0.39 is 5.97 Å². The Labute approximate surface area is 111 Å². The first-order valence-electron chi connectivity index (χ1n) is 6.06. The fourth-order valence-electron chi connectivity index (χ4n) is 2.18. The molecule has 0 N–H and O–H groups in total. The fraction of sp³-hybridized carbons (Fsp3) is 0.429. The summed E-state index contributed by atoms with van der Waals surface area (Å²) in [6.07, 6.45) is 0.401. The quantitative estimate of drug-likeness (QED) is 0.780. The summed E-state index contributed by atoms with van der Waals surface area (Å²) in [5, 5.41) is 0. The molecule has 5 heteroatoms. The van der Waals surface area contributed by atoms with Gasteiger partial charge in [-0.05, 0) is 24.1 Å². The lowest BCUT2D eigenvalue weighted by atomic mass is 9.93. The molecule has 0 amide bonds. The Bertz CT molecular complexity index is 521. The number of carbonyl (C=O) groups excluding carboxylic acids is 2. The van der Waals surface area contributed by atoms with Gasteiger partial charge in [-0.25, -0.2) is 4.79 Å². The molecule has 0 bridgehead atoms. The number of ether oxygens (including phenoxy) is 3. The lowest BCUT2D eigenvalue weighted by Gasteiger charge is -2.25. The SMILES string of the molecule is COc1ccc(COC(C)=O)c2c1C(=O)O[C@H](C)C2. The van der Waals surface area contributed by atoms with Gasteiger partial charge in [0.15, 0.2) is 0 Å². The molecule has 0 radical (unpaired) electrons. The molecule has 102 valence electrons. The van der Waals surface area contributed by atoms with Gasteiger partial charge in [-0.1, -0.05) is 6.07 Å². The minimum Gasteiger partial charge on any atom is -0.496 e. The van der Waals surface area contributed by atoms with E-state index in [2.05, 4.69) is 0 Å². The Morgan fingerprint density at radius 3 is 2.84 bits per heavy atom. The van der Waals surface area contributed by atoms with Crippen LogP contribution in [-0.2, 0) is 27.3 Å². The van der Waals surface area contributed by atoms with Gasteiger partial charge < -0.3 is 14.2 Å². The van der Waals surface area contributed by atoms with Crippen LogP contribution in [0.3, 0.4) is 0 Å². The second kappa shape index (κ2) is 5.30. The summed E-state index contributed by atoms with van der Waals surface area (Å²) in [4.78, 5) is 22.9. The Balaban J connectivity index is 2.44. The molecule has 2 rings (SSSR count). The Hall–Kier alpha value is -2.04. The zero-order valence-corrected chi connectivity index (χ0v) is 11.2. The lowest BCUT2D eigenvalue weighted by Crippen LogP contribution is -2.27. The van der Waals surface area contributed by atoms with Gasteiger partial charge in [0.05, 0.1) is 7.11 Å². The van der Waals surface area contributed by atoms with Crippen molar-refractivity contribution in [3.63, 3.8) is 0 Å². The van der Waals surface area contributed by atoms with Crippen LogP contribution in [0.5, 0.6) is 5.75 Å². The molecule has 1 aromatic carbocycles. The van der Waals surface area contributed by atoms with Gasteiger partial charge in [0.2, 0.25) is 0 Å². The number of benzene rings is 1. The maximum Gasteiger partial charge on any atom is 0.342 e. The maximum absolute atomic E-state index is 12.0. The van der Waals surface area contributed by atoms with Crippen LogP contribution in [0.2, 0.25) is 0 Å². The molecule has 1 aliphatic heterocycles. The highest BCUT2D eigenvalue weighted by Gasteiger charge is 2.29. The van der Waals surface area contributed by atoms with Crippen LogP contribution in [0.4, 0.5) is 0 Å². The van der Waals surface area contributed by atoms with Crippen LogP contribution in [0.15, 0.2) is 12.1 Å². The lowest BCUT2D eigenvalue weighted by molar-refractivity contribution is -0.142. The summed E-state index contributed by atoms with van der Waals surface area (Å²) in [5.74, 6) is -0.259. The van der Waals surface area contributed by atoms with Gasteiger partial charge >= 0.3 is 11.9 Å². The van der Waals surface area contributed by atoms with Crippen LogP contribution in [0.25, 0.3) is 0 Å². The number of cyclic esters (lactones) is 1. The highest BCUT2D eigenvalue weighted by atomic mass is 16.5. The topological polar surface area (TPSA) is 61.8 Å². The number of hydrogen-bond donors (Lipinski definition) is 0. The van der Waals surface area contributed by atoms with Crippen LogP contribution in [0.1, 0.15) is 35.3 Å². The number of methoxy groups -OCH3 is 1. The van der Waals surface area contributed by atoms with E-state index in [4.69, 9.17) is 14.2 Å². The number of fused-ring (bicyclic) bond motifs is 1. The molecule has 0 aromatic heterocycles. The fourth-order valence-corrected chi connectivity index (χ4v) is 2.18. The summed E-state index contributed by atoms with van der Waals surface area (Å²) < 4.78 is 15.4. The molecule has 1 atom stereocenters.